The smallest absolute Gasteiger partial charge is 0.241 e. The first-order valence-corrected chi connectivity index (χ1v) is 5.68. The van der Waals surface area contributed by atoms with Gasteiger partial charge in [-0.15, -0.1) is 0 Å². The van der Waals surface area contributed by atoms with Gasteiger partial charge in [-0.2, -0.15) is 0 Å². The lowest BCUT2D eigenvalue weighted by Gasteiger charge is -2.20. The summed E-state index contributed by atoms with van der Waals surface area (Å²) < 4.78 is 0. The Morgan fingerprint density at radius 1 is 1.29 bits per heavy atom. The number of carbonyl (C=O) groups is 2. The van der Waals surface area contributed by atoms with Crippen LogP contribution < -0.4 is 10.6 Å². The Morgan fingerprint density at radius 2 is 1.94 bits per heavy atom. The van der Waals surface area contributed by atoms with E-state index in [4.69, 9.17) is 0 Å². The lowest BCUT2D eigenvalue weighted by atomic mass is 10.0. The molecule has 0 saturated heterocycles. The number of benzene rings is 1. The van der Waals surface area contributed by atoms with Crippen molar-refractivity contribution in [1.82, 2.24) is 5.32 Å². The maximum atomic E-state index is 12.0. The van der Waals surface area contributed by atoms with Gasteiger partial charge in [-0.25, -0.2) is 0 Å². The molecule has 0 fully saturated rings. The summed E-state index contributed by atoms with van der Waals surface area (Å²) in [6.07, 6.45) is 0.755. The summed E-state index contributed by atoms with van der Waals surface area (Å²) in [6, 6.07) is 8.91. The van der Waals surface area contributed by atoms with Crippen LogP contribution in [-0.4, -0.2) is 24.8 Å². The van der Waals surface area contributed by atoms with E-state index >= 15 is 0 Å². The number of hydrogen-bond donors (Lipinski definition) is 2. The fourth-order valence-electron chi connectivity index (χ4n) is 1.55. The first-order valence-electron chi connectivity index (χ1n) is 5.68. The molecule has 0 bridgehead atoms. The van der Waals surface area contributed by atoms with Crippen molar-refractivity contribution in [3.05, 3.63) is 30.3 Å². The molecule has 0 radical (unpaired) electrons. The first kappa shape index (κ1) is 13.4. The Morgan fingerprint density at radius 3 is 2.47 bits per heavy atom. The van der Waals surface area contributed by atoms with Crippen LogP contribution in [0.5, 0.6) is 0 Å². The fraction of sp³-hybridized carbons (Fsp3) is 0.385. The Hall–Kier alpha value is -1.68. The minimum atomic E-state index is -0.361. The number of nitrogens with one attached hydrogen (secondary N) is 2. The molecule has 1 aromatic rings. The summed E-state index contributed by atoms with van der Waals surface area (Å²) >= 11 is 0. The highest BCUT2D eigenvalue weighted by molar-refractivity contribution is 5.95. The zero-order chi connectivity index (χ0) is 12.7. The van der Waals surface area contributed by atoms with Crippen LogP contribution in [-0.2, 0) is 9.59 Å². The second-order valence-electron chi connectivity index (χ2n) is 4.15. The molecule has 2 N–H and O–H groups in total. The number of hydrogen-bond acceptors (Lipinski definition) is 3. The maximum Gasteiger partial charge on any atom is 0.241 e. The van der Waals surface area contributed by atoms with Gasteiger partial charge in [-0.3, -0.25) is 10.1 Å². The quantitative estimate of drug-likeness (QED) is 0.732. The van der Waals surface area contributed by atoms with Crippen molar-refractivity contribution in [3.8, 4) is 0 Å². The van der Waals surface area contributed by atoms with Gasteiger partial charge >= 0.3 is 0 Å². The SMILES string of the molecule is CC(C)[C@H](NCC=O)C(=O)Nc1ccccc1. The average molecular weight is 234 g/mol. The molecule has 17 heavy (non-hydrogen) atoms. The average Bonchev–Trinajstić information content (AvgIpc) is 2.30. The van der Waals surface area contributed by atoms with E-state index in [0.717, 1.165) is 12.0 Å². The van der Waals surface area contributed by atoms with Gasteiger partial charge in [0.2, 0.25) is 5.91 Å². The normalized spacial score (nSPS) is 12.2. The number of para-hydroxylation sites is 1. The van der Waals surface area contributed by atoms with Crippen molar-refractivity contribution in [1.29, 1.82) is 0 Å². The number of anilines is 1. The molecule has 4 nitrogen and oxygen atoms in total. The Bertz CT molecular complexity index is 363. The Balaban J connectivity index is 2.62. The van der Waals surface area contributed by atoms with Gasteiger partial charge in [0.25, 0.3) is 0 Å². The lowest BCUT2D eigenvalue weighted by molar-refractivity contribution is -0.119. The first-order chi connectivity index (χ1) is 8.15. The van der Waals surface area contributed by atoms with E-state index in [1.54, 1.807) is 0 Å². The largest absolute Gasteiger partial charge is 0.325 e. The third kappa shape index (κ3) is 4.36. The van der Waals surface area contributed by atoms with Crippen molar-refractivity contribution in [2.45, 2.75) is 19.9 Å². The second kappa shape index (κ2) is 6.81. The molecule has 0 aliphatic rings. The van der Waals surface area contributed by atoms with Gasteiger partial charge in [-0.1, -0.05) is 32.0 Å². The highest BCUT2D eigenvalue weighted by Gasteiger charge is 2.21. The third-order valence-corrected chi connectivity index (χ3v) is 2.41. The molecule has 0 aliphatic carbocycles. The molecule has 0 unspecified atom stereocenters. The molecule has 1 aromatic carbocycles. The van der Waals surface area contributed by atoms with E-state index in [9.17, 15) is 9.59 Å². The molecule has 0 heterocycles. The molecule has 0 saturated carbocycles. The van der Waals surface area contributed by atoms with Crippen LogP contribution in [0.1, 0.15) is 13.8 Å². The highest BCUT2D eigenvalue weighted by Crippen LogP contribution is 2.08. The van der Waals surface area contributed by atoms with Crippen LogP contribution in [0.3, 0.4) is 0 Å². The summed E-state index contributed by atoms with van der Waals surface area (Å²) in [4.78, 5) is 22.3. The van der Waals surface area contributed by atoms with Gasteiger partial charge in [0.05, 0.1) is 12.6 Å². The van der Waals surface area contributed by atoms with E-state index in [1.807, 2.05) is 44.2 Å². The van der Waals surface area contributed by atoms with Gasteiger partial charge in [-0.05, 0) is 18.1 Å². The molecule has 4 heteroatoms. The van der Waals surface area contributed by atoms with E-state index in [1.165, 1.54) is 0 Å². The summed E-state index contributed by atoms with van der Waals surface area (Å²) in [5, 5.41) is 5.72. The van der Waals surface area contributed by atoms with Gasteiger partial charge in [0.15, 0.2) is 0 Å². The van der Waals surface area contributed by atoms with E-state index in [0.29, 0.717) is 0 Å². The van der Waals surface area contributed by atoms with Crippen LogP contribution in [0.15, 0.2) is 30.3 Å². The topological polar surface area (TPSA) is 58.2 Å². The molecule has 1 atom stereocenters. The summed E-state index contributed by atoms with van der Waals surface area (Å²) in [7, 11) is 0. The van der Waals surface area contributed by atoms with Crippen LogP contribution >= 0.6 is 0 Å². The molecule has 0 aliphatic heterocycles. The highest BCUT2D eigenvalue weighted by atomic mass is 16.2. The summed E-state index contributed by atoms with van der Waals surface area (Å²) in [5.74, 6) is 0.00622. The minimum absolute atomic E-state index is 0.118. The minimum Gasteiger partial charge on any atom is -0.325 e. The molecule has 1 amide bonds. The van der Waals surface area contributed by atoms with Crippen molar-refractivity contribution >= 4 is 17.9 Å². The number of aldehydes is 1. The van der Waals surface area contributed by atoms with E-state index in [2.05, 4.69) is 10.6 Å². The third-order valence-electron chi connectivity index (χ3n) is 2.41. The van der Waals surface area contributed by atoms with Gasteiger partial charge in [0.1, 0.15) is 6.29 Å². The molecule has 0 spiro atoms. The zero-order valence-electron chi connectivity index (χ0n) is 10.1. The molecular formula is C13H18N2O2. The number of amides is 1. The van der Waals surface area contributed by atoms with Crippen molar-refractivity contribution in [2.24, 2.45) is 5.92 Å². The van der Waals surface area contributed by atoms with E-state index in [-0.39, 0.29) is 24.4 Å². The van der Waals surface area contributed by atoms with Crippen LogP contribution in [0.25, 0.3) is 0 Å². The van der Waals surface area contributed by atoms with Gasteiger partial charge < -0.3 is 10.1 Å². The van der Waals surface area contributed by atoms with Gasteiger partial charge in [0, 0.05) is 5.69 Å². The predicted molar refractivity (Wildman–Crippen MR) is 67.8 cm³/mol. The van der Waals surface area contributed by atoms with Crippen LogP contribution in [0.4, 0.5) is 5.69 Å². The zero-order valence-corrected chi connectivity index (χ0v) is 10.1. The lowest BCUT2D eigenvalue weighted by Crippen LogP contribution is -2.44. The van der Waals surface area contributed by atoms with Crippen molar-refractivity contribution in [3.63, 3.8) is 0 Å². The van der Waals surface area contributed by atoms with Crippen molar-refractivity contribution < 1.29 is 9.59 Å². The van der Waals surface area contributed by atoms with Crippen molar-refractivity contribution in [2.75, 3.05) is 11.9 Å². The van der Waals surface area contributed by atoms with Crippen LogP contribution in [0, 0.1) is 5.92 Å². The second-order valence-corrected chi connectivity index (χ2v) is 4.15. The number of carbonyl (C=O) groups excluding carboxylic acids is 2. The number of rotatable bonds is 6. The fourth-order valence-corrected chi connectivity index (χ4v) is 1.55. The Kier molecular flexibility index (Phi) is 5.36. The Labute approximate surface area is 101 Å². The van der Waals surface area contributed by atoms with Crippen LogP contribution in [0.2, 0.25) is 0 Å². The summed E-state index contributed by atoms with van der Waals surface area (Å²) in [6.45, 7) is 4.06. The molecular weight excluding hydrogens is 216 g/mol. The molecule has 1 rings (SSSR count). The molecule has 0 aromatic heterocycles. The monoisotopic (exact) mass is 234 g/mol. The standard InChI is InChI=1S/C13H18N2O2/c1-10(2)12(14-8-9-16)13(17)15-11-6-4-3-5-7-11/h3-7,9-10,12,14H,8H2,1-2H3,(H,15,17)/t12-/m0/s1. The van der Waals surface area contributed by atoms with E-state index < -0.39 is 0 Å². The predicted octanol–water partition coefficient (Wildman–Crippen LogP) is 1.44. The maximum absolute atomic E-state index is 12.0. The summed E-state index contributed by atoms with van der Waals surface area (Å²) in [5.41, 5.74) is 0.760. The molecule has 92 valence electrons.